The Bertz CT molecular complexity index is 598. The van der Waals surface area contributed by atoms with Gasteiger partial charge in [0.2, 0.25) is 0 Å². The summed E-state index contributed by atoms with van der Waals surface area (Å²) in [7, 11) is 0. The van der Waals surface area contributed by atoms with Crippen molar-refractivity contribution >= 4 is 34.8 Å². The van der Waals surface area contributed by atoms with E-state index >= 15 is 0 Å². The van der Waals surface area contributed by atoms with Crippen molar-refractivity contribution in [1.29, 1.82) is 0 Å². The molecule has 0 aliphatic carbocycles. The van der Waals surface area contributed by atoms with Crippen molar-refractivity contribution < 1.29 is 0 Å². The highest BCUT2D eigenvalue weighted by molar-refractivity contribution is 6.42. The molecule has 2 aromatic carbocycles. The molecule has 0 fully saturated rings. The Morgan fingerprint density at radius 3 is 2.24 bits per heavy atom. The number of benzene rings is 2. The summed E-state index contributed by atoms with van der Waals surface area (Å²) >= 11 is 18.1. The van der Waals surface area contributed by atoms with Crippen LogP contribution in [0.15, 0.2) is 42.5 Å². The molecular formula is C17H18Cl3N. The van der Waals surface area contributed by atoms with Gasteiger partial charge in [0.15, 0.2) is 0 Å². The van der Waals surface area contributed by atoms with Crippen LogP contribution in [0, 0.1) is 0 Å². The highest BCUT2D eigenvalue weighted by Gasteiger charge is 2.11. The van der Waals surface area contributed by atoms with E-state index in [4.69, 9.17) is 34.8 Å². The minimum Gasteiger partial charge on any atom is -0.314 e. The molecule has 2 aromatic rings. The first kappa shape index (κ1) is 16.6. The summed E-state index contributed by atoms with van der Waals surface area (Å²) in [5.74, 6) is 0. The molecule has 21 heavy (non-hydrogen) atoms. The summed E-state index contributed by atoms with van der Waals surface area (Å²) in [5, 5.41) is 5.49. The lowest BCUT2D eigenvalue weighted by molar-refractivity contribution is 0.521. The van der Waals surface area contributed by atoms with Crippen molar-refractivity contribution in [2.24, 2.45) is 0 Å². The second kappa shape index (κ2) is 8.05. The van der Waals surface area contributed by atoms with E-state index in [1.165, 1.54) is 11.1 Å². The van der Waals surface area contributed by atoms with Crippen LogP contribution < -0.4 is 5.32 Å². The third-order valence-corrected chi connectivity index (χ3v) is 4.30. The molecule has 0 amide bonds. The maximum Gasteiger partial charge on any atom is 0.0595 e. The van der Waals surface area contributed by atoms with Gasteiger partial charge in [0, 0.05) is 11.1 Å². The Morgan fingerprint density at radius 2 is 1.62 bits per heavy atom. The fraction of sp³-hybridized carbons (Fsp3) is 0.294. The van der Waals surface area contributed by atoms with Crippen molar-refractivity contribution in [3.8, 4) is 0 Å². The van der Waals surface area contributed by atoms with Gasteiger partial charge in [-0.2, -0.15) is 0 Å². The monoisotopic (exact) mass is 341 g/mol. The summed E-state index contributed by atoms with van der Waals surface area (Å²) in [4.78, 5) is 0. The molecule has 1 atom stereocenters. The number of nitrogens with one attached hydrogen (secondary N) is 1. The van der Waals surface area contributed by atoms with Crippen molar-refractivity contribution in [2.75, 3.05) is 6.54 Å². The molecule has 0 aliphatic rings. The van der Waals surface area contributed by atoms with Crippen molar-refractivity contribution in [2.45, 2.75) is 25.8 Å². The van der Waals surface area contributed by atoms with Gasteiger partial charge in [-0.1, -0.05) is 59.9 Å². The summed E-state index contributed by atoms with van der Waals surface area (Å²) in [6, 6.07) is 14.1. The zero-order chi connectivity index (χ0) is 15.2. The average molecular weight is 343 g/mol. The normalized spacial score (nSPS) is 12.4. The van der Waals surface area contributed by atoms with Crippen molar-refractivity contribution in [1.82, 2.24) is 5.32 Å². The van der Waals surface area contributed by atoms with Crippen LogP contribution >= 0.6 is 34.8 Å². The topological polar surface area (TPSA) is 12.0 Å². The first-order valence-electron chi connectivity index (χ1n) is 7.00. The first-order chi connectivity index (χ1) is 10.1. The standard InChI is InChI=1S/C17H18Cl3N/c1-2-21-15(9-12-4-3-5-14(18)8-12)10-13-6-7-16(19)17(20)11-13/h3-8,11,15,21H,2,9-10H2,1H3. The lowest BCUT2D eigenvalue weighted by Gasteiger charge is -2.18. The van der Waals surface area contributed by atoms with E-state index in [1.54, 1.807) is 0 Å². The van der Waals surface area contributed by atoms with Gasteiger partial charge in [-0.05, 0) is 54.8 Å². The van der Waals surface area contributed by atoms with E-state index in [2.05, 4.69) is 18.3 Å². The van der Waals surface area contributed by atoms with E-state index in [9.17, 15) is 0 Å². The van der Waals surface area contributed by atoms with Crippen molar-refractivity contribution in [3.05, 3.63) is 68.7 Å². The third-order valence-electron chi connectivity index (χ3n) is 3.33. The molecule has 0 heterocycles. The van der Waals surface area contributed by atoms with Crippen molar-refractivity contribution in [3.63, 3.8) is 0 Å². The molecule has 0 aliphatic heterocycles. The van der Waals surface area contributed by atoms with Gasteiger partial charge in [0.25, 0.3) is 0 Å². The molecule has 0 spiro atoms. The fourth-order valence-corrected chi connectivity index (χ4v) is 2.94. The average Bonchev–Trinajstić information content (AvgIpc) is 2.43. The molecule has 0 saturated heterocycles. The van der Waals surface area contributed by atoms with Gasteiger partial charge in [-0.15, -0.1) is 0 Å². The van der Waals surface area contributed by atoms with Crippen LogP contribution in [0.25, 0.3) is 0 Å². The lowest BCUT2D eigenvalue weighted by atomic mass is 9.99. The second-order valence-corrected chi connectivity index (χ2v) is 6.29. The number of hydrogen-bond donors (Lipinski definition) is 1. The minimum atomic E-state index is 0.339. The van der Waals surface area contributed by atoms with Crippen LogP contribution in [0.4, 0.5) is 0 Å². The lowest BCUT2D eigenvalue weighted by Crippen LogP contribution is -2.33. The SMILES string of the molecule is CCNC(Cc1cccc(Cl)c1)Cc1ccc(Cl)c(Cl)c1. The molecule has 4 heteroatoms. The van der Waals surface area contributed by atoms with E-state index in [0.29, 0.717) is 16.1 Å². The van der Waals surface area contributed by atoms with Gasteiger partial charge in [-0.25, -0.2) is 0 Å². The Labute approximate surface area is 141 Å². The zero-order valence-corrected chi connectivity index (χ0v) is 14.1. The van der Waals surface area contributed by atoms with Crippen LogP contribution in [0.2, 0.25) is 15.1 Å². The molecule has 1 unspecified atom stereocenters. The summed E-state index contributed by atoms with van der Waals surface area (Å²) in [6.45, 7) is 3.03. The van der Waals surface area contributed by atoms with Crippen LogP contribution in [0.5, 0.6) is 0 Å². The van der Waals surface area contributed by atoms with Gasteiger partial charge >= 0.3 is 0 Å². The number of rotatable bonds is 6. The predicted molar refractivity (Wildman–Crippen MR) is 92.8 cm³/mol. The molecular weight excluding hydrogens is 325 g/mol. The van der Waals surface area contributed by atoms with Crippen LogP contribution in [-0.4, -0.2) is 12.6 Å². The summed E-state index contributed by atoms with van der Waals surface area (Å²) in [6.07, 6.45) is 1.83. The quantitative estimate of drug-likeness (QED) is 0.740. The van der Waals surface area contributed by atoms with E-state index in [-0.39, 0.29) is 0 Å². The largest absolute Gasteiger partial charge is 0.314 e. The Morgan fingerprint density at radius 1 is 0.905 bits per heavy atom. The van der Waals surface area contributed by atoms with Gasteiger partial charge in [0.1, 0.15) is 0 Å². The maximum atomic E-state index is 6.09. The highest BCUT2D eigenvalue weighted by atomic mass is 35.5. The highest BCUT2D eigenvalue weighted by Crippen LogP contribution is 2.23. The molecule has 1 nitrogen and oxygen atoms in total. The van der Waals surface area contributed by atoms with Gasteiger partial charge < -0.3 is 5.32 Å². The molecule has 2 rings (SSSR count). The summed E-state index contributed by atoms with van der Waals surface area (Å²) in [5.41, 5.74) is 2.41. The third kappa shape index (κ3) is 5.19. The molecule has 0 saturated carbocycles. The smallest absolute Gasteiger partial charge is 0.0595 e. The van der Waals surface area contributed by atoms with Crippen LogP contribution in [0.3, 0.4) is 0 Å². The molecule has 0 bridgehead atoms. The maximum absolute atomic E-state index is 6.09. The van der Waals surface area contributed by atoms with E-state index in [1.807, 2.05) is 36.4 Å². The van der Waals surface area contributed by atoms with Crippen LogP contribution in [-0.2, 0) is 12.8 Å². The van der Waals surface area contributed by atoms with Crippen LogP contribution in [0.1, 0.15) is 18.1 Å². The van der Waals surface area contributed by atoms with Gasteiger partial charge in [-0.3, -0.25) is 0 Å². The number of hydrogen-bond acceptors (Lipinski definition) is 1. The summed E-state index contributed by atoms with van der Waals surface area (Å²) < 4.78 is 0. The molecule has 112 valence electrons. The molecule has 0 radical (unpaired) electrons. The van der Waals surface area contributed by atoms with E-state index < -0.39 is 0 Å². The molecule has 1 N–H and O–H groups in total. The predicted octanol–water partition coefficient (Wildman–Crippen LogP) is 5.41. The Hall–Kier alpha value is -0.730. The number of likely N-dealkylation sites (N-methyl/N-ethyl adjacent to an activating group) is 1. The molecule has 0 aromatic heterocycles. The first-order valence-corrected chi connectivity index (χ1v) is 8.13. The Kier molecular flexibility index (Phi) is 6.38. The van der Waals surface area contributed by atoms with Gasteiger partial charge in [0.05, 0.1) is 10.0 Å². The Balaban J connectivity index is 2.09. The second-order valence-electron chi connectivity index (χ2n) is 5.04. The fourth-order valence-electron chi connectivity index (χ4n) is 2.40. The zero-order valence-electron chi connectivity index (χ0n) is 11.9. The van der Waals surface area contributed by atoms with E-state index in [0.717, 1.165) is 24.4 Å². The number of halogens is 3. The minimum absolute atomic E-state index is 0.339.